The van der Waals surface area contributed by atoms with Gasteiger partial charge in [0, 0.05) is 25.5 Å². The highest BCUT2D eigenvalue weighted by atomic mass is 16.5. The standard InChI is InChI=1S/C22H31NO/c1-5-16-24-22(19(2)18-23(3)4,21-14-10-7-11-15-21)17-20-12-8-6-9-13-20/h6-15,19H,5,16-18H2,1-4H3. The van der Waals surface area contributed by atoms with E-state index in [1.807, 2.05) is 0 Å². The number of rotatable bonds is 9. The lowest BCUT2D eigenvalue weighted by Gasteiger charge is -2.41. The summed E-state index contributed by atoms with van der Waals surface area (Å²) in [7, 11) is 4.27. The Labute approximate surface area is 147 Å². The van der Waals surface area contributed by atoms with Gasteiger partial charge in [-0.1, -0.05) is 74.5 Å². The predicted octanol–water partition coefficient (Wildman–Crippen LogP) is 4.75. The average molecular weight is 325 g/mol. The minimum absolute atomic E-state index is 0.303. The molecule has 24 heavy (non-hydrogen) atoms. The maximum Gasteiger partial charge on any atom is 0.101 e. The molecule has 0 aromatic heterocycles. The molecular weight excluding hydrogens is 294 g/mol. The van der Waals surface area contributed by atoms with Crippen LogP contribution in [0.4, 0.5) is 0 Å². The van der Waals surface area contributed by atoms with Crippen LogP contribution in [0.25, 0.3) is 0 Å². The molecule has 0 N–H and O–H groups in total. The fourth-order valence-corrected chi connectivity index (χ4v) is 3.44. The maximum atomic E-state index is 6.60. The first-order valence-corrected chi connectivity index (χ1v) is 8.96. The fourth-order valence-electron chi connectivity index (χ4n) is 3.44. The highest BCUT2D eigenvalue weighted by molar-refractivity contribution is 5.28. The first-order chi connectivity index (χ1) is 11.6. The second-order valence-corrected chi connectivity index (χ2v) is 6.93. The van der Waals surface area contributed by atoms with Crippen molar-refractivity contribution in [2.24, 2.45) is 5.92 Å². The molecule has 0 radical (unpaired) electrons. The minimum atomic E-state index is -0.303. The molecule has 2 aromatic carbocycles. The van der Waals surface area contributed by atoms with Gasteiger partial charge in [-0.15, -0.1) is 0 Å². The number of ether oxygens (including phenoxy) is 1. The molecule has 2 nitrogen and oxygen atoms in total. The van der Waals surface area contributed by atoms with Crippen molar-refractivity contribution < 1.29 is 4.74 Å². The minimum Gasteiger partial charge on any atom is -0.370 e. The van der Waals surface area contributed by atoms with E-state index in [0.717, 1.165) is 26.0 Å². The molecule has 0 heterocycles. The number of hydrogen-bond donors (Lipinski definition) is 0. The summed E-state index contributed by atoms with van der Waals surface area (Å²) in [6.45, 7) is 6.26. The van der Waals surface area contributed by atoms with E-state index < -0.39 is 0 Å². The van der Waals surface area contributed by atoms with Crippen LogP contribution in [0.5, 0.6) is 0 Å². The number of benzene rings is 2. The Kier molecular flexibility index (Phi) is 7.01. The smallest absolute Gasteiger partial charge is 0.101 e. The SMILES string of the molecule is CCCOC(Cc1ccccc1)(c1ccccc1)C(C)CN(C)C. The monoisotopic (exact) mass is 325 g/mol. The summed E-state index contributed by atoms with van der Waals surface area (Å²) in [6.07, 6.45) is 1.92. The molecule has 0 fully saturated rings. The van der Waals surface area contributed by atoms with E-state index in [-0.39, 0.29) is 5.60 Å². The maximum absolute atomic E-state index is 6.60. The summed E-state index contributed by atoms with van der Waals surface area (Å²) in [5.41, 5.74) is 2.29. The van der Waals surface area contributed by atoms with Gasteiger partial charge in [-0.25, -0.2) is 0 Å². The lowest BCUT2D eigenvalue weighted by atomic mass is 9.77. The van der Waals surface area contributed by atoms with E-state index in [0.29, 0.717) is 5.92 Å². The molecular formula is C22H31NO. The van der Waals surface area contributed by atoms with Gasteiger partial charge < -0.3 is 9.64 Å². The highest BCUT2D eigenvalue weighted by Gasteiger charge is 2.39. The molecule has 0 amide bonds. The van der Waals surface area contributed by atoms with Crippen LogP contribution in [-0.4, -0.2) is 32.1 Å². The second-order valence-electron chi connectivity index (χ2n) is 6.93. The Bertz CT molecular complexity index is 581. The van der Waals surface area contributed by atoms with E-state index in [9.17, 15) is 0 Å². The van der Waals surface area contributed by atoms with Gasteiger partial charge in [-0.3, -0.25) is 0 Å². The second kappa shape index (κ2) is 9.00. The van der Waals surface area contributed by atoms with Crippen molar-refractivity contribution in [3.63, 3.8) is 0 Å². The Morgan fingerprint density at radius 1 is 0.958 bits per heavy atom. The molecule has 2 atom stereocenters. The molecule has 2 unspecified atom stereocenters. The van der Waals surface area contributed by atoms with Crippen molar-refractivity contribution in [3.8, 4) is 0 Å². The zero-order valence-electron chi connectivity index (χ0n) is 15.5. The van der Waals surface area contributed by atoms with E-state index in [1.165, 1.54) is 11.1 Å². The molecule has 0 aliphatic rings. The van der Waals surface area contributed by atoms with E-state index in [1.54, 1.807) is 0 Å². The van der Waals surface area contributed by atoms with Crippen molar-refractivity contribution in [3.05, 3.63) is 71.8 Å². The Hall–Kier alpha value is -1.64. The molecule has 130 valence electrons. The first kappa shape index (κ1) is 18.7. The highest BCUT2D eigenvalue weighted by Crippen LogP contribution is 2.38. The van der Waals surface area contributed by atoms with Gasteiger partial charge in [0.15, 0.2) is 0 Å². The van der Waals surface area contributed by atoms with Crippen LogP contribution < -0.4 is 0 Å². The van der Waals surface area contributed by atoms with E-state index in [4.69, 9.17) is 4.74 Å². The van der Waals surface area contributed by atoms with Gasteiger partial charge in [0.2, 0.25) is 0 Å². The zero-order chi connectivity index (χ0) is 17.4. The molecule has 2 rings (SSSR count). The first-order valence-electron chi connectivity index (χ1n) is 8.96. The van der Waals surface area contributed by atoms with Crippen LogP contribution in [0.2, 0.25) is 0 Å². The third-order valence-corrected chi connectivity index (χ3v) is 4.57. The Morgan fingerprint density at radius 3 is 2.08 bits per heavy atom. The lowest BCUT2D eigenvalue weighted by Crippen LogP contribution is -2.43. The number of nitrogens with zero attached hydrogens (tertiary/aromatic N) is 1. The topological polar surface area (TPSA) is 12.5 Å². The Morgan fingerprint density at radius 2 is 1.54 bits per heavy atom. The lowest BCUT2D eigenvalue weighted by molar-refractivity contribution is -0.0937. The zero-order valence-corrected chi connectivity index (χ0v) is 15.5. The molecule has 2 heteroatoms. The van der Waals surface area contributed by atoms with Crippen LogP contribution >= 0.6 is 0 Å². The summed E-state index contributed by atoms with van der Waals surface area (Å²) in [6, 6.07) is 21.4. The third kappa shape index (κ3) is 4.68. The molecule has 0 saturated carbocycles. The summed E-state index contributed by atoms with van der Waals surface area (Å²) < 4.78 is 6.60. The van der Waals surface area contributed by atoms with Crippen molar-refractivity contribution in [2.45, 2.75) is 32.3 Å². The number of hydrogen-bond acceptors (Lipinski definition) is 2. The molecule has 0 aliphatic heterocycles. The molecule has 0 bridgehead atoms. The summed E-state index contributed by atoms with van der Waals surface area (Å²) in [5, 5.41) is 0. The third-order valence-electron chi connectivity index (χ3n) is 4.57. The Balaban J connectivity index is 2.45. The van der Waals surface area contributed by atoms with Crippen molar-refractivity contribution in [2.75, 3.05) is 27.2 Å². The summed E-state index contributed by atoms with van der Waals surface area (Å²) in [4.78, 5) is 2.25. The quantitative estimate of drug-likeness (QED) is 0.660. The van der Waals surface area contributed by atoms with E-state index >= 15 is 0 Å². The van der Waals surface area contributed by atoms with Crippen molar-refractivity contribution >= 4 is 0 Å². The molecule has 0 aliphatic carbocycles. The molecule has 0 saturated heterocycles. The van der Waals surface area contributed by atoms with Crippen LogP contribution in [-0.2, 0) is 16.8 Å². The summed E-state index contributed by atoms with van der Waals surface area (Å²) in [5.74, 6) is 0.377. The van der Waals surface area contributed by atoms with Crippen LogP contribution in [0.1, 0.15) is 31.4 Å². The van der Waals surface area contributed by atoms with E-state index in [2.05, 4.69) is 93.5 Å². The molecule has 0 spiro atoms. The van der Waals surface area contributed by atoms with Crippen LogP contribution in [0.3, 0.4) is 0 Å². The van der Waals surface area contributed by atoms with Gasteiger partial charge >= 0.3 is 0 Å². The summed E-state index contributed by atoms with van der Waals surface area (Å²) >= 11 is 0. The van der Waals surface area contributed by atoms with Crippen molar-refractivity contribution in [1.29, 1.82) is 0 Å². The predicted molar refractivity (Wildman–Crippen MR) is 102 cm³/mol. The fraction of sp³-hybridized carbons (Fsp3) is 0.455. The van der Waals surface area contributed by atoms with Crippen LogP contribution in [0.15, 0.2) is 60.7 Å². The normalized spacial score (nSPS) is 15.2. The van der Waals surface area contributed by atoms with Gasteiger partial charge in [-0.2, -0.15) is 0 Å². The average Bonchev–Trinajstić information content (AvgIpc) is 2.59. The van der Waals surface area contributed by atoms with Gasteiger partial charge in [0.25, 0.3) is 0 Å². The largest absolute Gasteiger partial charge is 0.370 e. The van der Waals surface area contributed by atoms with Crippen LogP contribution in [0, 0.1) is 5.92 Å². The van der Waals surface area contributed by atoms with Gasteiger partial charge in [0.1, 0.15) is 5.60 Å². The van der Waals surface area contributed by atoms with Gasteiger partial charge in [-0.05, 0) is 31.6 Å². The molecule has 2 aromatic rings. The van der Waals surface area contributed by atoms with Crippen molar-refractivity contribution in [1.82, 2.24) is 4.90 Å². The van der Waals surface area contributed by atoms with Gasteiger partial charge in [0.05, 0.1) is 0 Å².